The van der Waals surface area contributed by atoms with Gasteiger partial charge in [0.1, 0.15) is 0 Å². The third kappa shape index (κ3) is 2.57. The molecule has 0 atom stereocenters. The molecule has 22 heavy (non-hydrogen) atoms. The van der Waals surface area contributed by atoms with Gasteiger partial charge in [-0.3, -0.25) is 0 Å². The summed E-state index contributed by atoms with van der Waals surface area (Å²) in [5.41, 5.74) is 5.16. The molecular formula is C17H18N4O. The highest BCUT2D eigenvalue weighted by Crippen LogP contribution is 2.16. The molecule has 1 heterocycles. The lowest BCUT2D eigenvalue weighted by Crippen LogP contribution is -2.25. The Morgan fingerprint density at radius 3 is 2.23 bits per heavy atom. The first-order valence-corrected chi connectivity index (χ1v) is 7.21. The van der Waals surface area contributed by atoms with Gasteiger partial charge < -0.3 is 0 Å². The highest BCUT2D eigenvalue weighted by Gasteiger charge is 2.11. The van der Waals surface area contributed by atoms with Crippen molar-refractivity contribution in [2.75, 3.05) is 0 Å². The second kappa shape index (κ2) is 5.60. The number of benzene rings is 2. The van der Waals surface area contributed by atoms with E-state index < -0.39 is 0 Å². The summed E-state index contributed by atoms with van der Waals surface area (Å²) in [6, 6.07) is 13.6. The molecule has 0 saturated heterocycles. The van der Waals surface area contributed by atoms with E-state index in [4.69, 9.17) is 0 Å². The van der Waals surface area contributed by atoms with Gasteiger partial charge in [-0.1, -0.05) is 35.9 Å². The molecule has 0 bridgehead atoms. The number of para-hydroxylation sites is 1. The van der Waals surface area contributed by atoms with Crippen molar-refractivity contribution in [2.45, 2.75) is 27.3 Å². The Kier molecular flexibility index (Phi) is 3.63. The normalized spacial score (nSPS) is 10.9. The molecule has 0 unspecified atom stereocenters. The fourth-order valence-corrected chi connectivity index (χ4v) is 2.71. The summed E-state index contributed by atoms with van der Waals surface area (Å²) in [6.07, 6.45) is 0. The predicted octanol–water partition coefficient (Wildman–Crippen LogP) is 2.40. The van der Waals surface area contributed by atoms with Crippen LogP contribution in [0.3, 0.4) is 0 Å². The van der Waals surface area contributed by atoms with Gasteiger partial charge in [-0.2, -0.15) is 9.36 Å². The van der Waals surface area contributed by atoms with E-state index in [2.05, 4.69) is 43.3 Å². The lowest BCUT2D eigenvalue weighted by atomic mass is 10.00. The van der Waals surface area contributed by atoms with E-state index in [1.807, 2.05) is 30.3 Å². The first-order chi connectivity index (χ1) is 10.6. The van der Waals surface area contributed by atoms with E-state index in [1.54, 1.807) is 0 Å². The van der Waals surface area contributed by atoms with Gasteiger partial charge in [0.25, 0.3) is 0 Å². The average molecular weight is 294 g/mol. The number of hydrogen-bond acceptors (Lipinski definition) is 3. The van der Waals surface area contributed by atoms with Crippen LogP contribution in [0.2, 0.25) is 0 Å². The zero-order valence-electron chi connectivity index (χ0n) is 12.9. The van der Waals surface area contributed by atoms with Gasteiger partial charge in [-0.15, -0.1) is 0 Å². The molecule has 0 N–H and O–H groups in total. The van der Waals surface area contributed by atoms with Crippen LogP contribution in [0.25, 0.3) is 5.69 Å². The summed E-state index contributed by atoms with van der Waals surface area (Å²) in [7, 11) is 0. The number of nitrogens with zero attached hydrogens (tertiary/aromatic N) is 4. The summed E-state index contributed by atoms with van der Waals surface area (Å²) in [6.45, 7) is 6.62. The topological polar surface area (TPSA) is 52.7 Å². The van der Waals surface area contributed by atoms with Gasteiger partial charge in [-0.25, -0.2) is 4.79 Å². The minimum atomic E-state index is -0.231. The molecule has 3 aromatic rings. The van der Waals surface area contributed by atoms with Crippen molar-refractivity contribution in [3.05, 3.63) is 75.2 Å². The SMILES string of the molecule is Cc1cc(C)c(Cn2nnn(-c3ccccc3)c2=O)c(C)c1. The molecule has 0 aliphatic rings. The van der Waals surface area contributed by atoms with Crippen LogP contribution in [0.1, 0.15) is 22.3 Å². The molecule has 0 aliphatic heterocycles. The zero-order chi connectivity index (χ0) is 15.7. The standard InChI is InChI=1S/C17H18N4O/c1-12-9-13(2)16(14(3)10-12)11-20-17(22)21(19-18-20)15-7-5-4-6-8-15/h4-10H,11H2,1-3H3. The highest BCUT2D eigenvalue weighted by atomic mass is 16.2. The van der Waals surface area contributed by atoms with E-state index >= 15 is 0 Å². The Labute approximate surface area is 128 Å². The average Bonchev–Trinajstić information content (AvgIpc) is 2.85. The smallest absolute Gasteiger partial charge is 0.244 e. The fourth-order valence-electron chi connectivity index (χ4n) is 2.71. The fraction of sp³-hybridized carbons (Fsp3) is 0.235. The zero-order valence-corrected chi connectivity index (χ0v) is 12.9. The third-order valence-corrected chi connectivity index (χ3v) is 3.79. The van der Waals surface area contributed by atoms with Crippen LogP contribution >= 0.6 is 0 Å². The Morgan fingerprint density at radius 1 is 0.955 bits per heavy atom. The van der Waals surface area contributed by atoms with Crippen LogP contribution in [-0.2, 0) is 6.54 Å². The van der Waals surface area contributed by atoms with Crippen LogP contribution in [0.15, 0.2) is 47.3 Å². The number of aromatic nitrogens is 4. The van der Waals surface area contributed by atoms with Crippen LogP contribution in [0.5, 0.6) is 0 Å². The van der Waals surface area contributed by atoms with Crippen molar-refractivity contribution in [3.63, 3.8) is 0 Å². The van der Waals surface area contributed by atoms with Gasteiger partial charge in [0.15, 0.2) is 0 Å². The number of aryl methyl sites for hydroxylation is 3. The van der Waals surface area contributed by atoms with Gasteiger partial charge in [0.05, 0.1) is 12.2 Å². The van der Waals surface area contributed by atoms with E-state index in [-0.39, 0.29) is 5.69 Å². The Morgan fingerprint density at radius 2 is 1.59 bits per heavy atom. The van der Waals surface area contributed by atoms with Crippen molar-refractivity contribution in [2.24, 2.45) is 0 Å². The van der Waals surface area contributed by atoms with E-state index in [0.717, 1.165) is 11.3 Å². The van der Waals surface area contributed by atoms with Crippen LogP contribution in [0, 0.1) is 20.8 Å². The molecule has 0 saturated carbocycles. The summed E-state index contributed by atoms with van der Waals surface area (Å²) in [5, 5.41) is 7.99. The Bertz CT molecular complexity index is 839. The molecule has 112 valence electrons. The first-order valence-electron chi connectivity index (χ1n) is 7.21. The maximum atomic E-state index is 12.5. The van der Waals surface area contributed by atoms with Crippen molar-refractivity contribution in [1.29, 1.82) is 0 Å². The summed E-state index contributed by atoms with van der Waals surface area (Å²) >= 11 is 0. The predicted molar refractivity (Wildman–Crippen MR) is 85.4 cm³/mol. The second-order valence-corrected chi connectivity index (χ2v) is 5.54. The summed E-state index contributed by atoms with van der Waals surface area (Å²) < 4.78 is 2.72. The van der Waals surface area contributed by atoms with E-state index in [9.17, 15) is 4.79 Å². The molecular weight excluding hydrogens is 276 g/mol. The number of hydrogen-bond donors (Lipinski definition) is 0. The Balaban J connectivity index is 1.99. The molecule has 3 rings (SSSR count). The second-order valence-electron chi connectivity index (χ2n) is 5.54. The first kappa shape index (κ1) is 14.3. The Hall–Kier alpha value is -2.69. The molecule has 0 aliphatic carbocycles. The molecule has 0 radical (unpaired) electrons. The van der Waals surface area contributed by atoms with Crippen molar-refractivity contribution >= 4 is 0 Å². The van der Waals surface area contributed by atoms with Crippen molar-refractivity contribution in [3.8, 4) is 5.69 Å². The molecule has 0 spiro atoms. The van der Waals surface area contributed by atoms with E-state index in [1.165, 1.54) is 26.1 Å². The molecule has 1 aromatic heterocycles. The highest BCUT2D eigenvalue weighted by molar-refractivity contribution is 5.37. The van der Waals surface area contributed by atoms with E-state index in [0.29, 0.717) is 6.54 Å². The lowest BCUT2D eigenvalue weighted by molar-refractivity contribution is 0.627. The van der Waals surface area contributed by atoms with Gasteiger partial charge in [0, 0.05) is 0 Å². The molecule has 0 amide bonds. The monoisotopic (exact) mass is 294 g/mol. The van der Waals surface area contributed by atoms with Crippen LogP contribution in [0.4, 0.5) is 0 Å². The van der Waals surface area contributed by atoms with Crippen molar-refractivity contribution in [1.82, 2.24) is 19.8 Å². The van der Waals surface area contributed by atoms with Crippen molar-refractivity contribution < 1.29 is 0 Å². The minimum Gasteiger partial charge on any atom is -0.244 e. The third-order valence-electron chi connectivity index (χ3n) is 3.79. The van der Waals surface area contributed by atoms with Gasteiger partial charge in [0.2, 0.25) is 0 Å². The van der Waals surface area contributed by atoms with Crippen LogP contribution in [-0.4, -0.2) is 19.8 Å². The molecule has 5 heteroatoms. The summed E-state index contributed by atoms with van der Waals surface area (Å²) in [5.74, 6) is 0. The maximum Gasteiger partial charge on any atom is 0.368 e. The van der Waals surface area contributed by atoms with Crippen LogP contribution < -0.4 is 5.69 Å². The van der Waals surface area contributed by atoms with Gasteiger partial charge in [-0.05, 0) is 60.0 Å². The largest absolute Gasteiger partial charge is 0.368 e. The maximum absolute atomic E-state index is 12.5. The lowest BCUT2D eigenvalue weighted by Gasteiger charge is -2.10. The quantitative estimate of drug-likeness (QED) is 0.745. The molecule has 5 nitrogen and oxygen atoms in total. The molecule has 0 fully saturated rings. The van der Waals surface area contributed by atoms with Gasteiger partial charge >= 0.3 is 5.69 Å². The minimum absolute atomic E-state index is 0.231. The summed E-state index contributed by atoms with van der Waals surface area (Å²) in [4.78, 5) is 12.5. The molecule has 2 aromatic carbocycles. The number of tetrazole rings is 1. The number of rotatable bonds is 3.